The van der Waals surface area contributed by atoms with E-state index < -0.39 is 6.09 Å². The summed E-state index contributed by atoms with van der Waals surface area (Å²) in [4.78, 5) is 21.9. The number of nitrogens with zero attached hydrogens (tertiary/aromatic N) is 4. The molecule has 4 rings (SSSR count). The number of ether oxygens (including phenoxy) is 2. The van der Waals surface area contributed by atoms with Crippen molar-refractivity contribution >= 4 is 17.6 Å². The van der Waals surface area contributed by atoms with Gasteiger partial charge in [-0.25, -0.2) is 9.78 Å². The fourth-order valence-corrected chi connectivity index (χ4v) is 3.87. The molecule has 0 saturated carbocycles. The quantitative estimate of drug-likeness (QED) is 0.829. The molecule has 0 radical (unpaired) electrons. The zero-order chi connectivity index (χ0) is 20.2. The van der Waals surface area contributed by atoms with Crippen LogP contribution in [0.15, 0.2) is 42.6 Å². The second-order valence-corrected chi connectivity index (χ2v) is 7.25. The van der Waals surface area contributed by atoms with Gasteiger partial charge in [-0.3, -0.25) is 9.80 Å². The first-order valence-electron chi connectivity index (χ1n) is 9.92. The molecule has 8 nitrogen and oxygen atoms in total. The lowest BCUT2D eigenvalue weighted by atomic mass is 10.1. The topological polar surface area (TPSA) is 78.4 Å². The third-order valence-corrected chi connectivity index (χ3v) is 5.43. The van der Waals surface area contributed by atoms with Crippen LogP contribution >= 0.6 is 0 Å². The molecule has 2 aliphatic heterocycles. The van der Waals surface area contributed by atoms with Gasteiger partial charge < -0.3 is 19.5 Å². The van der Waals surface area contributed by atoms with Crippen LogP contribution < -0.4 is 19.3 Å². The van der Waals surface area contributed by atoms with Gasteiger partial charge in [0, 0.05) is 45.0 Å². The minimum atomic E-state index is -0.984. The highest BCUT2D eigenvalue weighted by Gasteiger charge is 2.27. The summed E-state index contributed by atoms with van der Waals surface area (Å²) in [6.07, 6.45) is 0.628. The standard InChI is InChI=1S/C21H26N4O4/c1-16(15-25(21(26)27)19-7-2-3-8-22-19)23-9-11-24(12-10-23)17-5-4-6-18-20(17)29-14-13-28-18/h2-8,16H,9-15H2,1H3,(H,26,27). The largest absolute Gasteiger partial charge is 0.486 e. The van der Waals surface area contributed by atoms with Crippen molar-refractivity contribution in [1.82, 2.24) is 9.88 Å². The van der Waals surface area contributed by atoms with Gasteiger partial charge in [-0.2, -0.15) is 0 Å². The number of benzene rings is 1. The minimum absolute atomic E-state index is 0.0829. The Bertz CT molecular complexity index is 840. The molecule has 1 aromatic heterocycles. The van der Waals surface area contributed by atoms with Gasteiger partial charge in [-0.05, 0) is 31.2 Å². The number of piperazine rings is 1. The van der Waals surface area contributed by atoms with Crippen molar-refractivity contribution in [3.05, 3.63) is 42.6 Å². The molecule has 0 aliphatic carbocycles. The SMILES string of the molecule is CC(CN(C(=O)O)c1ccccn1)N1CCN(c2cccc3c2OCCO3)CC1. The van der Waals surface area contributed by atoms with E-state index in [4.69, 9.17) is 9.47 Å². The highest BCUT2D eigenvalue weighted by molar-refractivity contribution is 5.84. The summed E-state index contributed by atoms with van der Waals surface area (Å²) in [7, 11) is 0. The Morgan fingerprint density at radius 1 is 1.14 bits per heavy atom. The Kier molecular flexibility index (Phi) is 5.71. The summed E-state index contributed by atoms with van der Waals surface area (Å²) in [6, 6.07) is 11.4. The van der Waals surface area contributed by atoms with Crippen LogP contribution in [0.25, 0.3) is 0 Å². The number of amides is 1. The van der Waals surface area contributed by atoms with E-state index >= 15 is 0 Å². The van der Waals surface area contributed by atoms with Gasteiger partial charge in [0.1, 0.15) is 19.0 Å². The fraction of sp³-hybridized carbons (Fsp3) is 0.429. The molecule has 154 valence electrons. The van der Waals surface area contributed by atoms with E-state index in [1.807, 2.05) is 12.1 Å². The molecule has 3 heterocycles. The highest BCUT2D eigenvalue weighted by atomic mass is 16.6. The van der Waals surface area contributed by atoms with Crippen LogP contribution in [0, 0.1) is 0 Å². The second-order valence-electron chi connectivity index (χ2n) is 7.25. The number of hydrogen-bond donors (Lipinski definition) is 1. The third kappa shape index (κ3) is 4.22. The van der Waals surface area contributed by atoms with E-state index in [1.54, 1.807) is 24.4 Å². The maximum Gasteiger partial charge on any atom is 0.413 e. The average Bonchev–Trinajstić information content (AvgIpc) is 2.77. The van der Waals surface area contributed by atoms with Gasteiger partial charge >= 0.3 is 6.09 Å². The van der Waals surface area contributed by atoms with Crippen LogP contribution in [0.1, 0.15) is 6.92 Å². The summed E-state index contributed by atoms with van der Waals surface area (Å²) in [6.45, 7) is 6.99. The first-order valence-corrected chi connectivity index (χ1v) is 9.92. The summed E-state index contributed by atoms with van der Waals surface area (Å²) in [5.41, 5.74) is 1.06. The van der Waals surface area contributed by atoms with Crippen LogP contribution in [0.4, 0.5) is 16.3 Å². The Balaban J connectivity index is 1.39. The van der Waals surface area contributed by atoms with Crippen molar-refractivity contribution < 1.29 is 19.4 Å². The molecule has 1 aromatic carbocycles. The van der Waals surface area contributed by atoms with Crippen molar-refractivity contribution in [2.45, 2.75) is 13.0 Å². The van der Waals surface area contributed by atoms with E-state index in [1.165, 1.54) is 4.90 Å². The number of fused-ring (bicyclic) bond motifs is 1. The van der Waals surface area contributed by atoms with Crippen molar-refractivity contribution in [3.8, 4) is 11.5 Å². The van der Waals surface area contributed by atoms with E-state index in [0.29, 0.717) is 25.6 Å². The number of hydrogen-bond acceptors (Lipinski definition) is 6. The molecule has 1 unspecified atom stereocenters. The van der Waals surface area contributed by atoms with Crippen molar-refractivity contribution in [2.24, 2.45) is 0 Å². The molecule has 29 heavy (non-hydrogen) atoms. The van der Waals surface area contributed by atoms with Crippen molar-refractivity contribution in [2.75, 3.05) is 55.7 Å². The van der Waals surface area contributed by atoms with Crippen molar-refractivity contribution in [3.63, 3.8) is 0 Å². The molecule has 1 saturated heterocycles. The molecule has 0 spiro atoms. The summed E-state index contributed by atoms with van der Waals surface area (Å²) >= 11 is 0. The molecule has 1 amide bonds. The molecule has 1 N–H and O–H groups in total. The van der Waals surface area contributed by atoms with E-state index in [0.717, 1.165) is 43.4 Å². The Labute approximate surface area is 170 Å². The molecule has 1 atom stereocenters. The summed E-state index contributed by atoms with van der Waals surface area (Å²) < 4.78 is 11.5. The van der Waals surface area contributed by atoms with Gasteiger partial charge in [0.25, 0.3) is 0 Å². The van der Waals surface area contributed by atoms with Crippen LogP contribution in [0.5, 0.6) is 11.5 Å². The predicted octanol–water partition coefficient (Wildman–Crippen LogP) is 2.55. The number of anilines is 2. The zero-order valence-electron chi connectivity index (χ0n) is 16.5. The normalized spacial score (nSPS) is 17.6. The Morgan fingerprint density at radius 3 is 2.66 bits per heavy atom. The molecule has 2 aliphatic rings. The van der Waals surface area contributed by atoms with Crippen LogP contribution in [-0.4, -0.2) is 73.1 Å². The van der Waals surface area contributed by atoms with E-state index in [2.05, 4.69) is 27.8 Å². The zero-order valence-corrected chi connectivity index (χ0v) is 16.5. The van der Waals surface area contributed by atoms with Crippen LogP contribution in [0.3, 0.4) is 0 Å². The summed E-state index contributed by atoms with van der Waals surface area (Å²) in [5, 5.41) is 9.61. The third-order valence-electron chi connectivity index (χ3n) is 5.43. The fourth-order valence-electron chi connectivity index (χ4n) is 3.87. The molecule has 2 aromatic rings. The van der Waals surface area contributed by atoms with Gasteiger partial charge in [0.2, 0.25) is 0 Å². The first kappa shape index (κ1) is 19.3. The lowest BCUT2D eigenvalue weighted by Crippen LogP contribution is -2.53. The molecular weight excluding hydrogens is 372 g/mol. The maximum absolute atomic E-state index is 11.7. The number of aromatic nitrogens is 1. The highest BCUT2D eigenvalue weighted by Crippen LogP contribution is 2.39. The van der Waals surface area contributed by atoms with Gasteiger partial charge in [-0.1, -0.05) is 12.1 Å². The summed E-state index contributed by atoms with van der Waals surface area (Å²) in [5.74, 6) is 2.09. The predicted molar refractivity (Wildman–Crippen MR) is 110 cm³/mol. The number of rotatable bonds is 5. The average molecular weight is 398 g/mol. The van der Waals surface area contributed by atoms with Gasteiger partial charge in [-0.15, -0.1) is 0 Å². The molecule has 0 bridgehead atoms. The number of para-hydroxylation sites is 1. The first-order chi connectivity index (χ1) is 14.1. The van der Waals surface area contributed by atoms with Gasteiger partial charge in [0.05, 0.1) is 5.69 Å². The second kappa shape index (κ2) is 8.57. The number of carbonyl (C=O) groups is 1. The van der Waals surface area contributed by atoms with Crippen LogP contribution in [-0.2, 0) is 0 Å². The van der Waals surface area contributed by atoms with Crippen LogP contribution in [0.2, 0.25) is 0 Å². The molecule has 8 heteroatoms. The number of pyridine rings is 1. The van der Waals surface area contributed by atoms with Crippen molar-refractivity contribution in [1.29, 1.82) is 0 Å². The lowest BCUT2D eigenvalue weighted by molar-refractivity contribution is 0.169. The van der Waals surface area contributed by atoms with E-state index in [-0.39, 0.29) is 6.04 Å². The monoisotopic (exact) mass is 398 g/mol. The molecular formula is C21H26N4O4. The van der Waals surface area contributed by atoms with E-state index in [9.17, 15) is 9.90 Å². The Morgan fingerprint density at radius 2 is 1.93 bits per heavy atom. The smallest absolute Gasteiger partial charge is 0.413 e. The maximum atomic E-state index is 11.7. The Hall–Kier alpha value is -3.00. The number of carboxylic acid groups (broad SMARTS) is 1. The lowest BCUT2D eigenvalue weighted by Gasteiger charge is -2.40. The molecule has 1 fully saturated rings. The minimum Gasteiger partial charge on any atom is -0.486 e. The van der Waals surface area contributed by atoms with Gasteiger partial charge in [0.15, 0.2) is 11.5 Å².